The number of halogens is 3. The van der Waals surface area contributed by atoms with Crippen LogP contribution in [0.25, 0.3) is 10.9 Å². The van der Waals surface area contributed by atoms with Gasteiger partial charge in [-0.15, -0.1) is 0 Å². The Labute approximate surface area is 393 Å². The Balaban J connectivity index is 1.12. The Morgan fingerprint density at radius 3 is 2.44 bits per heavy atom. The number of rotatable bonds is 10. The van der Waals surface area contributed by atoms with E-state index in [-0.39, 0.29) is 56.3 Å². The van der Waals surface area contributed by atoms with E-state index in [1.54, 1.807) is 57.4 Å². The van der Waals surface area contributed by atoms with Crippen molar-refractivity contribution in [2.45, 2.75) is 151 Å². The zero-order chi connectivity index (χ0) is 48.7. The van der Waals surface area contributed by atoms with Crippen LogP contribution in [-0.4, -0.2) is 100 Å². The number of fused-ring (bicyclic) bond motifs is 5. The summed E-state index contributed by atoms with van der Waals surface area (Å²) in [6, 6.07) is 5.51. The summed E-state index contributed by atoms with van der Waals surface area (Å²) < 4.78 is 96.8. The van der Waals surface area contributed by atoms with E-state index in [0.717, 1.165) is 0 Å². The number of alkyl halides is 3. The standard InChI is InChI=1S/C48H59F3N6O10S/c1-44(2,3)67-43(61)54-36-14-9-7-5-6-8-12-30-17-20-47(30,42(60)56-68(62,63)45(4)21-22-45)55-40(58)37-27-46(29-57(37)41(36)59)19-18-33-34-26-31(64-24-11-25-65-32-13-10-23-52-28-32)15-16-35(34)53-39(38(33)66-46)48(49,50)51/h8,10,12-13,15-16,23,26,28,30,36-37H,5-7,9,11,14,17-22,24-25,27,29H2,1-4H3,(H,54,61)(H,55,58)(H,56,60). The molecule has 1 saturated heterocycles. The van der Waals surface area contributed by atoms with Crippen LogP contribution in [0.3, 0.4) is 0 Å². The van der Waals surface area contributed by atoms with Gasteiger partial charge in [-0.3, -0.25) is 24.1 Å². The fourth-order valence-electron chi connectivity index (χ4n) is 9.48. The summed E-state index contributed by atoms with van der Waals surface area (Å²) in [7, 11) is -4.13. The van der Waals surface area contributed by atoms with E-state index >= 15 is 13.2 Å². The second-order valence-corrected chi connectivity index (χ2v) is 22.1. The van der Waals surface area contributed by atoms with E-state index in [4.69, 9.17) is 18.9 Å². The van der Waals surface area contributed by atoms with Crippen molar-refractivity contribution in [3.8, 4) is 17.2 Å². The maximum Gasteiger partial charge on any atom is 0.437 e. The minimum absolute atomic E-state index is 0.0334. The summed E-state index contributed by atoms with van der Waals surface area (Å²) in [4.78, 5) is 66.6. The van der Waals surface area contributed by atoms with Crippen molar-refractivity contribution in [1.82, 2.24) is 30.2 Å². The van der Waals surface area contributed by atoms with Crippen molar-refractivity contribution in [2.24, 2.45) is 5.92 Å². The van der Waals surface area contributed by atoms with Gasteiger partial charge in [0.05, 0.1) is 36.2 Å². The molecule has 5 aliphatic rings. The molecule has 1 aromatic carbocycles. The lowest BCUT2D eigenvalue weighted by Crippen LogP contribution is -2.70. The molecule has 2 saturated carbocycles. The molecule has 20 heteroatoms. The van der Waals surface area contributed by atoms with Gasteiger partial charge >= 0.3 is 12.3 Å². The zero-order valence-corrected chi connectivity index (χ0v) is 39.5. The molecule has 2 aliphatic carbocycles. The second-order valence-electron chi connectivity index (χ2n) is 19.9. The molecule has 3 aliphatic heterocycles. The number of carbonyl (C=O) groups is 4. The van der Waals surface area contributed by atoms with E-state index in [1.807, 2.05) is 12.2 Å². The van der Waals surface area contributed by atoms with Crippen LogP contribution in [0.5, 0.6) is 17.2 Å². The zero-order valence-electron chi connectivity index (χ0n) is 38.7. The van der Waals surface area contributed by atoms with E-state index in [1.165, 1.54) is 17.9 Å². The molecule has 68 heavy (non-hydrogen) atoms. The highest BCUT2D eigenvalue weighted by Gasteiger charge is 2.60. The summed E-state index contributed by atoms with van der Waals surface area (Å²) in [5.41, 5.74) is -5.18. The number of benzene rings is 1. The van der Waals surface area contributed by atoms with Gasteiger partial charge in [-0.25, -0.2) is 18.2 Å². The Morgan fingerprint density at radius 1 is 1.00 bits per heavy atom. The number of nitrogens with zero attached hydrogens (tertiary/aromatic N) is 3. The summed E-state index contributed by atoms with van der Waals surface area (Å²) in [5.74, 6) is -2.55. The van der Waals surface area contributed by atoms with E-state index in [0.29, 0.717) is 74.9 Å². The third-order valence-electron chi connectivity index (χ3n) is 13.7. The third-order valence-corrected chi connectivity index (χ3v) is 15.8. The van der Waals surface area contributed by atoms with E-state index < -0.39 is 90.9 Å². The number of ether oxygens (including phenoxy) is 4. The monoisotopic (exact) mass is 968 g/mol. The Bertz CT molecular complexity index is 2570. The molecule has 16 nitrogen and oxygen atoms in total. The summed E-state index contributed by atoms with van der Waals surface area (Å²) >= 11 is 0. The third kappa shape index (κ3) is 10.3. The number of amides is 4. The second kappa shape index (κ2) is 18.7. The number of sulfonamides is 1. The number of alkyl carbamates (subject to hydrolysis) is 1. The molecular formula is C48H59F3N6O10S. The number of allylic oxidation sites excluding steroid dienone is 1. The van der Waals surface area contributed by atoms with Gasteiger partial charge < -0.3 is 34.5 Å². The highest BCUT2D eigenvalue weighted by atomic mass is 32.2. The van der Waals surface area contributed by atoms with Gasteiger partial charge in [0.15, 0.2) is 11.4 Å². The van der Waals surface area contributed by atoms with Gasteiger partial charge in [0.25, 0.3) is 5.91 Å². The first-order valence-corrected chi connectivity index (χ1v) is 24.8. The minimum Gasteiger partial charge on any atom is -0.493 e. The van der Waals surface area contributed by atoms with Gasteiger partial charge in [-0.2, -0.15) is 13.2 Å². The van der Waals surface area contributed by atoms with Crippen molar-refractivity contribution in [1.29, 1.82) is 0 Å². The molecule has 8 rings (SSSR count). The van der Waals surface area contributed by atoms with Crippen molar-refractivity contribution in [3.63, 3.8) is 0 Å². The average Bonchev–Trinajstić information content (AvgIpc) is 3.93. The number of pyridine rings is 2. The Kier molecular flexibility index (Phi) is 13.4. The average molecular weight is 969 g/mol. The molecule has 0 bridgehead atoms. The molecule has 3 N–H and O–H groups in total. The van der Waals surface area contributed by atoms with Crippen LogP contribution >= 0.6 is 0 Å². The van der Waals surface area contributed by atoms with Gasteiger partial charge in [-0.05, 0) is 116 Å². The van der Waals surface area contributed by atoms with Gasteiger partial charge in [0.1, 0.15) is 40.3 Å². The predicted molar refractivity (Wildman–Crippen MR) is 242 cm³/mol. The van der Waals surface area contributed by atoms with E-state index in [9.17, 15) is 27.6 Å². The highest BCUT2D eigenvalue weighted by Crippen LogP contribution is 2.50. The maximum absolute atomic E-state index is 15.0. The largest absolute Gasteiger partial charge is 0.493 e. The Morgan fingerprint density at radius 2 is 1.76 bits per heavy atom. The van der Waals surface area contributed by atoms with E-state index in [2.05, 4.69) is 25.3 Å². The first-order chi connectivity index (χ1) is 32.1. The molecule has 5 heterocycles. The van der Waals surface area contributed by atoms with Crippen molar-refractivity contribution < 1.29 is 59.7 Å². The van der Waals surface area contributed by atoms with Crippen LogP contribution < -0.4 is 29.6 Å². The van der Waals surface area contributed by atoms with Crippen LogP contribution in [-0.2, 0) is 41.7 Å². The maximum atomic E-state index is 15.0. The number of hydrogen-bond donors (Lipinski definition) is 3. The minimum atomic E-state index is -4.97. The van der Waals surface area contributed by atoms with Crippen molar-refractivity contribution in [2.75, 3.05) is 19.8 Å². The first kappa shape index (κ1) is 48.8. The lowest BCUT2D eigenvalue weighted by molar-refractivity contribution is -0.145. The summed E-state index contributed by atoms with van der Waals surface area (Å²) in [6.45, 7) is 6.77. The fraction of sp³-hybridized carbons (Fsp3) is 0.583. The molecule has 0 radical (unpaired) electrons. The lowest BCUT2D eigenvalue weighted by Gasteiger charge is -2.48. The predicted octanol–water partition coefficient (Wildman–Crippen LogP) is 6.84. The summed E-state index contributed by atoms with van der Waals surface area (Å²) in [6.07, 6.45) is 5.25. The van der Waals surface area contributed by atoms with Crippen LogP contribution in [0.1, 0.15) is 116 Å². The molecule has 1 spiro atoms. The molecule has 3 fully saturated rings. The van der Waals surface area contributed by atoms with Crippen LogP contribution in [0.2, 0.25) is 0 Å². The highest BCUT2D eigenvalue weighted by molar-refractivity contribution is 7.91. The summed E-state index contributed by atoms with van der Waals surface area (Å²) in [5, 5.41) is 5.93. The first-order valence-electron chi connectivity index (χ1n) is 23.4. The molecule has 5 atom stereocenters. The topological polar surface area (TPSA) is 204 Å². The SMILES string of the molecule is CC(C)(C)OC(=O)NC1CCCCCC=CC2CCC2(C(=O)NS(=O)(=O)C2(C)CC2)NC(=O)C2CC3(CCc4c(c(C(F)(F)F)nc5ccc(OCCCOc6cccnc6)cc45)O3)CN2C1=O. The van der Waals surface area contributed by atoms with Crippen molar-refractivity contribution >= 4 is 44.7 Å². The lowest BCUT2D eigenvalue weighted by atomic mass is 9.65. The fourth-order valence-corrected chi connectivity index (χ4v) is 10.8. The number of hydrogen-bond acceptors (Lipinski definition) is 12. The number of carbonyl (C=O) groups excluding carboxylic acids is 4. The normalized spacial score (nSPS) is 26.1. The van der Waals surface area contributed by atoms with Crippen LogP contribution in [0.15, 0.2) is 54.9 Å². The van der Waals surface area contributed by atoms with Crippen molar-refractivity contribution in [3.05, 3.63) is 66.1 Å². The van der Waals surface area contributed by atoms with Gasteiger partial charge in [-0.1, -0.05) is 25.0 Å². The van der Waals surface area contributed by atoms with Gasteiger partial charge in [0, 0.05) is 35.9 Å². The van der Waals surface area contributed by atoms with Crippen LogP contribution in [0, 0.1) is 5.92 Å². The number of nitrogens with one attached hydrogen (secondary N) is 3. The van der Waals surface area contributed by atoms with Crippen LogP contribution in [0.4, 0.5) is 18.0 Å². The smallest absolute Gasteiger partial charge is 0.437 e. The molecule has 3 aromatic rings. The number of aromatic nitrogens is 2. The molecule has 368 valence electrons. The number of aryl methyl sites for hydroxylation is 1. The Hall–Kier alpha value is -5.66. The van der Waals surface area contributed by atoms with Gasteiger partial charge in [0.2, 0.25) is 21.8 Å². The molecule has 5 unspecified atom stereocenters. The quantitative estimate of drug-likeness (QED) is 0.141. The molecule has 4 amide bonds. The molecule has 2 aromatic heterocycles. The molecular weight excluding hydrogens is 910 g/mol.